The molecule has 0 saturated carbocycles. The zero-order valence-corrected chi connectivity index (χ0v) is 13.3. The van der Waals surface area contributed by atoms with E-state index < -0.39 is 11.7 Å². The smallest absolute Gasteiger partial charge is 0.334 e. The molecule has 1 heterocycles. The Morgan fingerprint density at radius 1 is 1.14 bits per heavy atom. The first kappa shape index (κ1) is 20.8. The maximum absolute atomic E-state index is 12.5. The Kier molecular flexibility index (Phi) is 8.52. The molecular formula is C14H18Cl2F3N3. The number of nitrogens with zero attached hydrogens (tertiary/aromatic N) is 2. The second-order valence-electron chi connectivity index (χ2n) is 4.64. The maximum atomic E-state index is 12.5. The number of rotatable bonds is 5. The minimum atomic E-state index is -4.29. The molecule has 1 aromatic heterocycles. The summed E-state index contributed by atoms with van der Waals surface area (Å²) in [6.07, 6.45) is 2.30. The van der Waals surface area contributed by atoms with Crippen LogP contribution in [0.15, 0.2) is 43.0 Å². The molecule has 2 rings (SSSR count). The van der Waals surface area contributed by atoms with Gasteiger partial charge >= 0.3 is 6.18 Å². The normalized spacial score (nSPS) is 12.2. The summed E-state index contributed by atoms with van der Waals surface area (Å²) in [4.78, 5) is 3.99. The van der Waals surface area contributed by atoms with Gasteiger partial charge in [0, 0.05) is 18.4 Å². The molecule has 3 nitrogen and oxygen atoms in total. The monoisotopic (exact) mass is 355 g/mol. The first-order chi connectivity index (χ1) is 9.50. The summed E-state index contributed by atoms with van der Waals surface area (Å²) in [5.74, 6) is 0. The SMILES string of the molecule is Cl.Cl.NCCC(Cc1ccc(C(F)(F)F)cc1)n1ccnc1. The van der Waals surface area contributed by atoms with Gasteiger partial charge in [0.2, 0.25) is 0 Å². The highest BCUT2D eigenvalue weighted by Crippen LogP contribution is 2.29. The number of imidazole rings is 1. The summed E-state index contributed by atoms with van der Waals surface area (Å²) in [6, 6.07) is 5.37. The lowest BCUT2D eigenvalue weighted by molar-refractivity contribution is -0.137. The summed E-state index contributed by atoms with van der Waals surface area (Å²) in [5, 5.41) is 0. The molecule has 1 aromatic carbocycles. The topological polar surface area (TPSA) is 43.8 Å². The summed E-state index contributed by atoms with van der Waals surface area (Å²) >= 11 is 0. The average Bonchev–Trinajstić information content (AvgIpc) is 2.91. The van der Waals surface area contributed by atoms with Gasteiger partial charge in [0.15, 0.2) is 0 Å². The molecule has 124 valence electrons. The van der Waals surface area contributed by atoms with E-state index in [-0.39, 0.29) is 30.9 Å². The minimum Gasteiger partial charge on any atom is -0.334 e. The third kappa shape index (κ3) is 5.51. The van der Waals surface area contributed by atoms with Crippen LogP contribution in [-0.2, 0) is 12.6 Å². The van der Waals surface area contributed by atoms with Gasteiger partial charge in [0.25, 0.3) is 0 Å². The number of nitrogens with two attached hydrogens (primary N) is 1. The lowest BCUT2D eigenvalue weighted by Crippen LogP contribution is -2.15. The van der Waals surface area contributed by atoms with Crippen LogP contribution in [0.3, 0.4) is 0 Å². The predicted molar refractivity (Wildman–Crippen MR) is 84.6 cm³/mol. The van der Waals surface area contributed by atoms with Crippen molar-refractivity contribution in [2.24, 2.45) is 5.73 Å². The van der Waals surface area contributed by atoms with Crippen LogP contribution in [-0.4, -0.2) is 16.1 Å². The van der Waals surface area contributed by atoms with Gasteiger partial charge in [-0.1, -0.05) is 12.1 Å². The molecular weight excluding hydrogens is 338 g/mol. The van der Waals surface area contributed by atoms with Crippen molar-refractivity contribution >= 4 is 24.8 Å². The van der Waals surface area contributed by atoms with Crippen molar-refractivity contribution in [1.29, 1.82) is 0 Å². The lowest BCUT2D eigenvalue weighted by Gasteiger charge is -2.18. The molecule has 0 bridgehead atoms. The molecule has 0 radical (unpaired) electrons. The molecule has 0 aliphatic carbocycles. The van der Waals surface area contributed by atoms with Gasteiger partial charge in [0.05, 0.1) is 11.9 Å². The number of benzene rings is 1. The van der Waals surface area contributed by atoms with Gasteiger partial charge in [-0.05, 0) is 37.1 Å². The van der Waals surface area contributed by atoms with Crippen molar-refractivity contribution in [1.82, 2.24) is 9.55 Å². The van der Waals surface area contributed by atoms with Crippen LogP contribution in [0.2, 0.25) is 0 Å². The third-order valence-corrected chi connectivity index (χ3v) is 3.20. The molecule has 0 saturated heterocycles. The van der Waals surface area contributed by atoms with E-state index in [4.69, 9.17) is 5.73 Å². The number of hydrogen-bond donors (Lipinski definition) is 1. The maximum Gasteiger partial charge on any atom is 0.416 e. The van der Waals surface area contributed by atoms with Crippen LogP contribution >= 0.6 is 24.8 Å². The molecule has 0 fully saturated rings. The van der Waals surface area contributed by atoms with Crippen molar-refractivity contribution in [2.45, 2.75) is 25.1 Å². The minimum absolute atomic E-state index is 0. The van der Waals surface area contributed by atoms with Crippen molar-refractivity contribution in [3.05, 3.63) is 54.1 Å². The van der Waals surface area contributed by atoms with Crippen LogP contribution in [0.25, 0.3) is 0 Å². The third-order valence-electron chi connectivity index (χ3n) is 3.20. The summed E-state index contributed by atoms with van der Waals surface area (Å²) in [6.45, 7) is 0.517. The van der Waals surface area contributed by atoms with E-state index >= 15 is 0 Å². The molecule has 8 heteroatoms. The van der Waals surface area contributed by atoms with E-state index in [0.29, 0.717) is 13.0 Å². The zero-order valence-electron chi connectivity index (χ0n) is 11.7. The number of aromatic nitrogens is 2. The second-order valence-corrected chi connectivity index (χ2v) is 4.64. The largest absolute Gasteiger partial charge is 0.416 e. The molecule has 2 aromatic rings. The van der Waals surface area contributed by atoms with E-state index in [2.05, 4.69) is 4.98 Å². The van der Waals surface area contributed by atoms with Gasteiger partial charge in [0.1, 0.15) is 0 Å². The van der Waals surface area contributed by atoms with E-state index in [1.54, 1.807) is 12.5 Å². The zero-order chi connectivity index (χ0) is 14.6. The van der Waals surface area contributed by atoms with Gasteiger partial charge in [-0.3, -0.25) is 0 Å². The van der Waals surface area contributed by atoms with Crippen molar-refractivity contribution in [3.8, 4) is 0 Å². The fourth-order valence-corrected chi connectivity index (χ4v) is 2.14. The van der Waals surface area contributed by atoms with Gasteiger partial charge in [-0.15, -0.1) is 24.8 Å². The fraction of sp³-hybridized carbons (Fsp3) is 0.357. The molecule has 22 heavy (non-hydrogen) atoms. The molecule has 2 N–H and O–H groups in total. The van der Waals surface area contributed by atoms with Crippen LogP contribution in [0.1, 0.15) is 23.6 Å². The van der Waals surface area contributed by atoms with E-state index in [1.165, 1.54) is 12.1 Å². The average molecular weight is 356 g/mol. The highest BCUT2D eigenvalue weighted by Gasteiger charge is 2.30. The number of hydrogen-bond acceptors (Lipinski definition) is 2. The second kappa shape index (κ2) is 9.02. The fourth-order valence-electron chi connectivity index (χ4n) is 2.14. The van der Waals surface area contributed by atoms with Crippen molar-refractivity contribution in [3.63, 3.8) is 0 Å². The molecule has 1 unspecified atom stereocenters. The molecule has 1 atom stereocenters. The predicted octanol–water partition coefficient (Wildman–Crippen LogP) is 3.88. The first-order valence-corrected chi connectivity index (χ1v) is 6.34. The van der Waals surface area contributed by atoms with Crippen LogP contribution in [0, 0.1) is 0 Å². The number of halogens is 5. The van der Waals surface area contributed by atoms with E-state index in [1.807, 2.05) is 10.8 Å². The summed E-state index contributed by atoms with van der Waals surface area (Å²) in [5.41, 5.74) is 5.81. The molecule has 0 amide bonds. The summed E-state index contributed by atoms with van der Waals surface area (Å²) < 4.78 is 39.4. The van der Waals surface area contributed by atoms with Gasteiger partial charge in [-0.2, -0.15) is 13.2 Å². The molecule has 0 spiro atoms. The highest BCUT2D eigenvalue weighted by molar-refractivity contribution is 5.85. The first-order valence-electron chi connectivity index (χ1n) is 6.34. The van der Waals surface area contributed by atoms with E-state index in [0.717, 1.165) is 24.1 Å². The molecule has 0 aliphatic rings. The van der Waals surface area contributed by atoms with Crippen LogP contribution in [0.5, 0.6) is 0 Å². The Morgan fingerprint density at radius 2 is 1.77 bits per heavy atom. The Bertz CT molecular complexity index is 527. The van der Waals surface area contributed by atoms with Gasteiger partial charge in [-0.25, -0.2) is 4.98 Å². The van der Waals surface area contributed by atoms with Crippen molar-refractivity contribution in [2.75, 3.05) is 6.54 Å². The Morgan fingerprint density at radius 3 is 2.23 bits per heavy atom. The Balaban J connectivity index is 0.00000220. The quantitative estimate of drug-likeness (QED) is 0.884. The standard InChI is InChI=1S/C14H16F3N3.2ClH/c15-14(16,17)12-3-1-11(2-4-12)9-13(5-6-18)20-8-7-19-10-20;;/h1-4,7-8,10,13H,5-6,9,18H2;2*1H. The lowest BCUT2D eigenvalue weighted by atomic mass is 10.0. The van der Waals surface area contributed by atoms with Crippen molar-refractivity contribution < 1.29 is 13.2 Å². The van der Waals surface area contributed by atoms with Gasteiger partial charge < -0.3 is 10.3 Å². The Labute approximate surface area is 139 Å². The summed E-state index contributed by atoms with van der Waals surface area (Å²) in [7, 11) is 0. The van der Waals surface area contributed by atoms with E-state index in [9.17, 15) is 13.2 Å². The molecule has 0 aliphatic heterocycles. The highest BCUT2D eigenvalue weighted by atomic mass is 35.5. The Hall–Kier alpha value is -1.24. The van der Waals surface area contributed by atoms with Crippen LogP contribution < -0.4 is 5.73 Å². The van der Waals surface area contributed by atoms with Crippen LogP contribution in [0.4, 0.5) is 13.2 Å². The number of alkyl halides is 3.